The second-order valence-corrected chi connectivity index (χ2v) is 7.84. The highest BCUT2D eigenvalue weighted by Crippen LogP contribution is 2.20. The van der Waals surface area contributed by atoms with Crippen LogP contribution in [0.3, 0.4) is 0 Å². The molecule has 126 valence electrons. The van der Waals surface area contributed by atoms with E-state index >= 15 is 0 Å². The zero-order valence-corrected chi connectivity index (χ0v) is 14.3. The van der Waals surface area contributed by atoms with E-state index in [1.165, 1.54) is 12.2 Å². The highest BCUT2D eigenvalue weighted by molar-refractivity contribution is 7.99. The molecule has 1 amide bonds. The Bertz CT molecular complexity index is 357. The predicted octanol–water partition coefficient (Wildman–Crippen LogP) is 0.652. The number of amides is 1. The molecule has 1 N–H and O–H groups in total. The van der Waals surface area contributed by atoms with Gasteiger partial charge in [-0.1, -0.05) is 0 Å². The summed E-state index contributed by atoms with van der Waals surface area (Å²) < 4.78 is 5.42. The van der Waals surface area contributed by atoms with E-state index in [1.807, 2.05) is 11.8 Å². The zero-order chi connectivity index (χ0) is 15.2. The van der Waals surface area contributed by atoms with E-state index in [0.717, 1.165) is 64.7 Å². The summed E-state index contributed by atoms with van der Waals surface area (Å²) in [5.41, 5.74) is 0. The fourth-order valence-corrected chi connectivity index (χ4v) is 4.63. The molecule has 3 heterocycles. The average Bonchev–Trinajstić information content (AvgIpc) is 2.57. The Hall–Kier alpha value is -0.300. The van der Waals surface area contributed by atoms with Crippen molar-refractivity contribution in [1.82, 2.24) is 15.1 Å². The van der Waals surface area contributed by atoms with Crippen molar-refractivity contribution in [3.05, 3.63) is 0 Å². The van der Waals surface area contributed by atoms with Gasteiger partial charge in [-0.05, 0) is 18.8 Å². The Morgan fingerprint density at radius 2 is 2.14 bits per heavy atom. The van der Waals surface area contributed by atoms with Gasteiger partial charge < -0.3 is 15.0 Å². The minimum Gasteiger partial charge on any atom is -0.379 e. The van der Waals surface area contributed by atoms with Crippen LogP contribution in [-0.2, 0) is 9.53 Å². The summed E-state index contributed by atoms with van der Waals surface area (Å²) in [6.07, 6.45) is 3.10. The summed E-state index contributed by atoms with van der Waals surface area (Å²) in [7, 11) is 0. The van der Waals surface area contributed by atoms with Gasteiger partial charge in [0.15, 0.2) is 0 Å². The summed E-state index contributed by atoms with van der Waals surface area (Å²) in [4.78, 5) is 17.2. The minimum atomic E-state index is 0.353. The fourth-order valence-electron chi connectivity index (χ4n) is 3.68. The highest BCUT2D eigenvalue weighted by Gasteiger charge is 2.27. The largest absolute Gasteiger partial charge is 0.379 e. The number of nitrogens with zero attached hydrogens (tertiary/aromatic N) is 2. The van der Waals surface area contributed by atoms with Crippen LogP contribution in [0.4, 0.5) is 0 Å². The number of morpholine rings is 1. The second-order valence-electron chi connectivity index (χ2n) is 6.69. The van der Waals surface area contributed by atoms with Gasteiger partial charge in [-0.3, -0.25) is 9.69 Å². The van der Waals surface area contributed by atoms with Crippen LogP contribution in [0.1, 0.15) is 19.3 Å². The standard InChI is InChI=1S/C16H29N3O2S/c20-16(10-15-13-22-9-3-17-15)19-4-1-2-14(12-19)11-18-5-7-21-8-6-18/h14-15,17H,1-13H2. The van der Waals surface area contributed by atoms with Crippen molar-refractivity contribution in [2.45, 2.75) is 25.3 Å². The molecule has 2 atom stereocenters. The molecule has 0 radical (unpaired) electrons. The minimum absolute atomic E-state index is 0.353. The Kier molecular flexibility index (Phi) is 6.41. The maximum Gasteiger partial charge on any atom is 0.224 e. The van der Waals surface area contributed by atoms with E-state index in [4.69, 9.17) is 4.74 Å². The van der Waals surface area contributed by atoms with Crippen LogP contribution >= 0.6 is 11.8 Å². The van der Waals surface area contributed by atoms with Crippen molar-refractivity contribution in [1.29, 1.82) is 0 Å². The second kappa shape index (κ2) is 8.52. The third kappa shape index (κ3) is 4.85. The molecule has 3 aliphatic heterocycles. The average molecular weight is 327 g/mol. The molecule has 0 aromatic carbocycles. The van der Waals surface area contributed by atoms with Crippen molar-refractivity contribution in [3.63, 3.8) is 0 Å². The first-order chi connectivity index (χ1) is 10.8. The number of nitrogens with one attached hydrogen (secondary N) is 1. The van der Waals surface area contributed by atoms with Crippen molar-refractivity contribution < 1.29 is 9.53 Å². The quantitative estimate of drug-likeness (QED) is 0.821. The van der Waals surface area contributed by atoms with Crippen LogP contribution in [0.25, 0.3) is 0 Å². The first-order valence-electron chi connectivity index (χ1n) is 8.70. The highest BCUT2D eigenvalue weighted by atomic mass is 32.2. The molecular weight excluding hydrogens is 298 g/mol. The lowest BCUT2D eigenvalue weighted by molar-refractivity contribution is -0.133. The van der Waals surface area contributed by atoms with Gasteiger partial charge in [0, 0.05) is 63.2 Å². The number of carbonyl (C=O) groups excluding carboxylic acids is 1. The van der Waals surface area contributed by atoms with Crippen molar-refractivity contribution in [2.75, 3.05) is 64.0 Å². The summed E-state index contributed by atoms with van der Waals surface area (Å²) in [6, 6.07) is 0.380. The lowest BCUT2D eigenvalue weighted by Crippen LogP contribution is -2.48. The van der Waals surface area contributed by atoms with Crippen molar-refractivity contribution in [2.24, 2.45) is 5.92 Å². The predicted molar refractivity (Wildman–Crippen MR) is 90.3 cm³/mol. The van der Waals surface area contributed by atoms with Gasteiger partial charge in [0.05, 0.1) is 13.2 Å². The van der Waals surface area contributed by atoms with Crippen LogP contribution in [0.2, 0.25) is 0 Å². The van der Waals surface area contributed by atoms with Gasteiger partial charge in [-0.15, -0.1) is 0 Å². The lowest BCUT2D eigenvalue weighted by atomic mass is 9.96. The first kappa shape index (κ1) is 16.6. The van der Waals surface area contributed by atoms with Crippen molar-refractivity contribution >= 4 is 17.7 Å². The van der Waals surface area contributed by atoms with Gasteiger partial charge in [0.1, 0.15) is 0 Å². The summed E-state index contributed by atoms with van der Waals surface area (Å²) in [5.74, 6) is 3.25. The Balaban J connectivity index is 1.43. The molecule has 0 aliphatic carbocycles. The molecule has 6 heteroatoms. The van der Waals surface area contributed by atoms with Crippen LogP contribution in [0.15, 0.2) is 0 Å². The molecular formula is C16H29N3O2S. The molecule has 0 bridgehead atoms. The Morgan fingerprint density at radius 3 is 2.91 bits per heavy atom. The number of ether oxygens (including phenoxy) is 1. The fraction of sp³-hybridized carbons (Fsp3) is 0.938. The van der Waals surface area contributed by atoms with Crippen LogP contribution in [0.5, 0.6) is 0 Å². The number of likely N-dealkylation sites (tertiary alicyclic amines) is 1. The van der Waals surface area contributed by atoms with Gasteiger partial charge in [-0.25, -0.2) is 0 Å². The van der Waals surface area contributed by atoms with Crippen molar-refractivity contribution in [3.8, 4) is 0 Å². The SMILES string of the molecule is O=C(CC1CSCCN1)N1CCCC(CN2CCOCC2)C1. The van der Waals surface area contributed by atoms with Gasteiger partial charge in [-0.2, -0.15) is 11.8 Å². The van der Waals surface area contributed by atoms with Crippen LogP contribution in [-0.4, -0.2) is 85.7 Å². The molecule has 3 aliphatic rings. The maximum absolute atomic E-state index is 12.5. The Morgan fingerprint density at radius 1 is 1.27 bits per heavy atom. The summed E-state index contributed by atoms with van der Waals surface area (Å²) in [5, 5.41) is 3.48. The summed E-state index contributed by atoms with van der Waals surface area (Å²) >= 11 is 1.96. The first-order valence-corrected chi connectivity index (χ1v) is 9.86. The lowest BCUT2D eigenvalue weighted by Gasteiger charge is -2.37. The molecule has 5 nitrogen and oxygen atoms in total. The number of piperidine rings is 1. The molecule has 3 fully saturated rings. The molecule has 3 rings (SSSR count). The zero-order valence-electron chi connectivity index (χ0n) is 13.5. The van der Waals surface area contributed by atoms with E-state index in [2.05, 4.69) is 15.1 Å². The third-order valence-electron chi connectivity index (χ3n) is 4.91. The van der Waals surface area contributed by atoms with E-state index in [1.54, 1.807) is 0 Å². The third-order valence-corrected chi connectivity index (χ3v) is 6.04. The Labute approximate surface area is 138 Å². The topological polar surface area (TPSA) is 44.8 Å². The molecule has 0 spiro atoms. The number of hydrogen-bond donors (Lipinski definition) is 1. The number of hydrogen-bond acceptors (Lipinski definition) is 5. The summed E-state index contributed by atoms with van der Waals surface area (Å²) in [6.45, 7) is 7.91. The number of thioether (sulfide) groups is 1. The smallest absolute Gasteiger partial charge is 0.224 e. The number of carbonyl (C=O) groups is 1. The molecule has 0 aromatic heterocycles. The molecule has 2 unspecified atom stereocenters. The van der Waals surface area contributed by atoms with Crippen LogP contribution in [0, 0.1) is 5.92 Å². The number of rotatable bonds is 4. The van der Waals surface area contributed by atoms with E-state index in [0.29, 0.717) is 24.3 Å². The molecule has 0 saturated carbocycles. The van der Waals surface area contributed by atoms with Crippen LogP contribution < -0.4 is 5.32 Å². The molecule has 0 aromatic rings. The van der Waals surface area contributed by atoms with E-state index in [-0.39, 0.29) is 0 Å². The van der Waals surface area contributed by atoms with Gasteiger partial charge in [0.2, 0.25) is 5.91 Å². The van der Waals surface area contributed by atoms with Gasteiger partial charge in [0.25, 0.3) is 0 Å². The maximum atomic E-state index is 12.5. The molecule has 22 heavy (non-hydrogen) atoms. The molecule has 3 saturated heterocycles. The van der Waals surface area contributed by atoms with Gasteiger partial charge >= 0.3 is 0 Å². The van der Waals surface area contributed by atoms with E-state index < -0.39 is 0 Å². The normalized spacial score (nSPS) is 31.2. The van der Waals surface area contributed by atoms with E-state index in [9.17, 15) is 4.79 Å². The monoisotopic (exact) mass is 327 g/mol.